The van der Waals surface area contributed by atoms with Crippen LogP contribution in [0.5, 0.6) is 0 Å². The number of amides is 3. The zero-order valence-corrected chi connectivity index (χ0v) is 37.4. The Kier molecular flexibility index (Phi) is 15.2. The van der Waals surface area contributed by atoms with E-state index in [0.717, 1.165) is 126 Å². The summed E-state index contributed by atoms with van der Waals surface area (Å²) in [7, 11) is 0. The van der Waals surface area contributed by atoms with Crippen LogP contribution in [0.4, 0.5) is 0 Å². The lowest BCUT2D eigenvalue weighted by atomic mass is 9.81. The van der Waals surface area contributed by atoms with Gasteiger partial charge in [-0.15, -0.1) is 0 Å². The van der Waals surface area contributed by atoms with Gasteiger partial charge in [0.15, 0.2) is 6.23 Å². The minimum Gasteiger partial charge on any atom is -0.369 e. The molecule has 0 aliphatic carbocycles. The second-order valence-corrected chi connectivity index (χ2v) is 18.4. The topological polar surface area (TPSA) is 77.9 Å². The molecule has 0 bridgehead atoms. The number of aliphatic hydroxyl groups is 1. The number of carbonyl (C=O) groups is 3. The van der Waals surface area contributed by atoms with Crippen LogP contribution in [-0.2, 0) is 0 Å². The first-order valence-electron chi connectivity index (χ1n) is 24.5. The van der Waals surface area contributed by atoms with E-state index >= 15 is 0 Å². The van der Waals surface area contributed by atoms with E-state index in [4.69, 9.17) is 0 Å². The minimum atomic E-state index is -1.02. The molecule has 60 heavy (non-hydrogen) atoms. The van der Waals surface area contributed by atoms with E-state index in [2.05, 4.69) is 52.0 Å². The first kappa shape index (κ1) is 44.0. The van der Waals surface area contributed by atoms with E-state index in [1.54, 1.807) is 4.90 Å². The largest absolute Gasteiger partial charge is 0.369 e. The molecule has 322 valence electrons. The number of rotatable bonds is 26. The Morgan fingerprint density at radius 2 is 0.767 bits per heavy atom. The Bertz CT molecular complexity index is 2160. The maximum absolute atomic E-state index is 14.7. The van der Waals surface area contributed by atoms with Gasteiger partial charge >= 0.3 is 0 Å². The first-order valence-corrected chi connectivity index (χ1v) is 24.5. The molecule has 1 unspecified atom stereocenters. The average Bonchev–Trinajstić information content (AvgIpc) is 3.26. The number of nitrogens with zero attached hydrogens (tertiary/aromatic N) is 2. The summed E-state index contributed by atoms with van der Waals surface area (Å²) in [6.07, 6.45) is 25.7. The standard InChI is InChI=1S/C54H72N2O4/c1-5-9-13-17-21-25-37(26-22-18-14-10-6-2)55-51(57)43-33-29-39-41-31-35-45-50-46(36-32-42(48(41)50)40-30-34-44(52(55)58)49(43)47(39)40)54(60)56(53(45)59)38(27-23-19-15-11-7-3)28-24-20-16-12-8-4/h29-38,51,57H,5-28H2,1-4H3. The van der Waals surface area contributed by atoms with Crippen molar-refractivity contribution < 1.29 is 19.5 Å². The van der Waals surface area contributed by atoms with Gasteiger partial charge in [-0.2, -0.15) is 0 Å². The minimum absolute atomic E-state index is 0.0144. The maximum Gasteiger partial charge on any atom is 0.261 e. The lowest BCUT2D eigenvalue weighted by Gasteiger charge is -2.40. The Hall–Kier alpha value is -4.03. The van der Waals surface area contributed by atoms with Crippen molar-refractivity contribution >= 4 is 60.8 Å². The molecule has 6 nitrogen and oxygen atoms in total. The highest BCUT2D eigenvalue weighted by atomic mass is 16.3. The van der Waals surface area contributed by atoms with Crippen molar-refractivity contribution in [1.82, 2.24) is 9.80 Å². The fourth-order valence-electron chi connectivity index (χ4n) is 10.9. The van der Waals surface area contributed by atoms with E-state index in [1.165, 1.54) is 77.0 Å². The van der Waals surface area contributed by atoms with Crippen LogP contribution in [-0.4, -0.2) is 44.7 Å². The second kappa shape index (κ2) is 20.7. The molecule has 2 aliphatic rings. The van der Waals surface area contributed by atoms with Gasteiger partial charge < -0.3 is 10.0 Å². The Labute approximate surface area is 359 Å². The number of imide groups is 1. The number of hydrogen-bond donors (Lipinski definition) is 1. The molecule has 6 heteroatoms. The third-order valence-electron chi connectivity index (χ3n) is 14.2. The molecule has 2 heterocycles. The van der Waals surface area contributed by atoms with Crippen LogP contribution in [0.1, 0.15) is 225 Å². The summed E-state index contributed by atoms with van der Waals surface area (Å²) in [6, 6.07) is 16.1. The summed E-state index contributed by atoms with van der Waals surface area (Å²) in [5, 5.41) is 19.6. The van der Waals surface area contributed by atoms with Crippen molar-refractivity contribution in [3.8, 4) is 0 Å². The van der Waals surface area contributed by atoms with Gasteiger partial charge in [0, 0.05) is 45.1 Å². The fourth-order valence-corrected chi connectivity index (χ4v) is 10.9. The molecule has 0 fully saturated rings. The van der Waals surface area contributed by atoms with Gasteiger partial charge in [-0.25, -0.2) is 0 Å². The van der Waals surface area contributed by atoms with Crippen LogP contribution in [0.15, 0.2) is 48.5 Å². The normalized spacial score (nSPS) is 15.5. The molecule has 5 aromatic rings. The van der Waals surface area contributed by atoms with Crippen LogP contribution in [0, 0.1) is 0 Å². The van der Waals surface area contributed by atoms with Crippen LogP contribution in [0.3, 0.4) is 0 Å². The molecule has 1 atom stereocenters. The summed E-state index contributed by atoms with van der Waals surface area (Å²) in [5.74, 6) is -0.416. The SMILES string of the molecule is CCCCCCCC(CCCCCCC)N1C(=O)c2ccc3c4ccc5c6c(ccc(c7ccc(c2c37)C1=O)c64)C(O)N(C(CCCCCCC)CCCCCCC)C5=O. The van der Waals surface area contributed by atoms with E-state index < -0.39 is 6.23 Å². The highest BCUT2D eigenvalue weighted by Gasteiger charge is 2.40. The lowest BCUT2D eigenvalue weighted by Crippen LogP contribution is -2.47. The number of aliphatic hydroxyl groups excluding tert-OH is 1. The summed E-state index contributed by atoms with van der Waals surface area (Å²) >= 11 is 0. The predicted octanol–water partition coefficient (Wildman–Crippen LogP) is 15.0. The zero-order chi connectivity index (χ0) is 42.2. The number of unbranched alkanes of at least 4 members (excludes halogenated alkanes) is 16. The van der Waals surface area contributed by atoms with Gasteiger partial charge in [0.2, 0.25) is 0 Å². The number of carbonyl (C=O) groups excluding carboxylic acids is 3. The number of benzene rings is 5. The van der Waals surface area contributed by atoms with Crippen molar-refractivity contribution in [1.29, 1.82) is 0 Å². The van der Waals surface area contributed by atoms with E-state index in [9.17, 15) is 19.5 Å². The highest BCUT2D eigenvalue weighted by molar-refractivity contribution is 6.39. The molecule has 7 rings (SSSR count). The summed E-state index contributed by atoms with van der Waals surface area (Å²) in [6.45, 7) is 8.93. The molecule has 0 spiro atoms. The molecular formula is C54H72N2O4. The average molecular weight is 813 g/mol. The quantitative estimate of drug-likeness (QED) is 0.0261. The van der Waals surface area contributed by atoms with Crippen molar-refractivity contribution in [2.45, 2.75) is 200 Å². The van der Waals surface area contributed by atoms with E-state index in [0.29, 0.717) is 16.7 Å². The zero-order valence-electron chi connectivity index (χ0n) is 37.4. The first-order chi connectivity index (χ1) is 29.4. The van der Waals surface area contributed by atoms with Crippen molar-refractivity contribution in [3.63, 3.8) is 0 Å². The molecule has 2 aliphatic heterocycles. The van der Waals surface area contributed by atoms with Gasteiger partial charge in [0.05, 0.1) is 0 Å². The Morgan fingerprint density at radius 1 is 0.417 bits per heavy atom. The second-order valence-electron chi connectivity index (χ2n) is 18.4. The molecule has 0 saturated carbocycles. The lowest BCUT2D eigenvalue weighted by molar-refractivity contribution is -0.0200. The molecule has 5 aromatic carbocycles. The van der Waals surface area contributed by atoms with Gasteiger partial charge in [0.25, 0.3) is 17.7 Å². The molecule has 3 amide bonds. The van der Waals surface area contributed by atoms with Gasteiger partial charge in [-0.05, 0) is 76.2 Å². The smallest absolute Gasteiger partial charge is 0.261 e. The number of hydrogen-bond acceptors (Lipinski definition) is 4. The van der Waals surface area contributed by atoms with Crippen LogP contribution >= 0.6 is 0 Å². The highest BCUT2D eigenvalue weighted by Crippen LogP contribution is 2.48. The van der Waals surface area contributed by atoms with Gasteiger partial charge in [-0.1, -0.05) is 186 Å². The monoisotopic (exact) mass is 813 g/mol. The van der Waals surface area contributed by atoms with Gasteiger partial charge in [0.1, 0.15) is 0 Å². The van der Waals surface area contributed by atoms with E-state index in [-0.39, 0.29) is 29.8 Å². The number of fused-ring (bicyclic) bond motifs is 2. The molecular weight excluding hydrogens is 741 g/mol. The third-order valence-corrected chi connectivity index (χ3v) is 14.2. The van der Waals surface area contributed by atoms with Crippen LogP contribution < -0.4 is 0 Å². The summed E-state index contributed by atoms with van der Waals surface area (Å²) < 4.78 is 0. The maximum atomic E-state index is 14.7. The fraction of sp³-hybridized carbons (Fsp3) is 0.574. The predicted molar refractivity (Wildman–Crippen MR) is 250 cm³/mol. The van der Waals surface area contributed by atoms with Crippen molar-refractivity contribution in [2.24, 2.45) is 0 Å². The van der Waals surface area contributed by atoms with Crippen LogP contribution in [0.25, 0.3) is 43.1 Å². The Balaban J connectivity index is 1.25. The van der Waals surface area contributed by atoms with Crippen molar-refractivity contribution in [2.75, 3.05) is 0 Å². The van der Waals surface area contributed by atoms with E-state index in [1.807, 2.05) is 29.2 Å². The molecule has 0 saturated heterocycles. The Morgan fingerprint density at radius 3 is 1.18 bits per heavy atom. The third kappa shape index (κ3) is 8.69. The molecule has 0 radical (unpaired) electrons. The summed E-state index contributed by atoms with van der Waals surface area (Å²) in [5.41, 5.74) is 2.66. The molecule has 0 aromatic heterocycles. The van der Waals surface area contributed by atoms with Crippen molar-refractivity contribution in [3.05, 3.63) is 70.8 Å². The van der Waals surface area contributed by atoms with Crippen LogP contribution in [0.2, 0.25) is 0 Å². The summed E-state index contributed by atoms with van der Waals surface area (Å²) in [4.78, 5) is 47.4. The molecule has 1 N–H and O–H groups in total. The van der Waals surface area contributed by atoms with Gasteiger partial charge in [-0.3, -0.25) is 19.3 Å².